The van der Waals surface area contributed by atoms with E-state index in [9.17, 15) is 14.0 Å². The van der Waals surface area contributed by atoms with Crippen molar-refractivity contribution in [2.45, 2.75) is 33.3 Å². The van der Waals surface area contributed by atoms with Crippen LogP contribution in [0.3, 0.4) is 0 Å². The van der Waals surface area contributed by atoms with E-state index in [2.05, 4.69) is 24.7 Å². The first-order valence-electron chi connectivity index (χ1n) is 9.64. The van der Waals surface area contributed by atoms with Crippen LogP contribution in [-0.2, 0) is 4.79 Å². The molecular weight excluding hydrogens is 391 g/mol. The number of hydrazine groups is 1. The van der Waals surface area contributed by atoms with Gasteiger partial charge in [0.1, 0.15) is 0 Å². The van der Waals surface area contributed by atoms with Crippen LogP contribution in [0.15, 0.2) is 42.5 Å². The van der Waals surface area contributed by atoms with Crippen LogP contribution >= 0.6 is 0 Å². The van der Waals surface area contributed by atoms with Crippen molar-refractivity contribution in [1.29, 1.82) is 0 Å². The van der Waals surface area contributed by atoms with E-state index in [0.29, 0.717) is 24.0 Å². The third-order valence-electron chi connectivity index (χ3n) is 4.19. The summed E-state index contributed by atoms with van der Waals surface area (Å²) in [6.07, 6.45) is -0.127. The quantitative estimate of drug-likeness (QED) is 0.609. The van der Waals surface area contributed by atoms with E-state index in [1.54, 1.807) is 18.2 Å². The molecule has 0 fully saturated rings. The molecule has 7 nitrogen and oxygen atoms in total. The second-order valence-electron chi connectivity index (χ2n) is 7.03. The van der Waals surface area contributed by atoms with Crippen molar-refractivity contribution in [3.8, 4) is 17.2 Å². The van der Waals surface area contributed by atoms with Gasteiger partial charge in [0, 0.05) is 5.56 Å². The van der Waals surface area contributed by atoms with Crippen molar-refractivity contribution in [3.05, 3.63) is 53.8 Å². The SMILES string of the molecule is COc1cc(C(=O)NNC(=O)[C@@H](C)Oc2ccccc2F)ccc1OCCC(C)C. The molecular formula is C22H27FN2O5. The van der Waals surface area contributed by atoms with Gasteiger partial charge in [-0.1, -0.05) is 26.0 Å². The summed E-state index contributed by atoms with van der Waals surface area (Å²) >= 11 is 0. The topological polar surface area (TPSA) is 85.9 Å². The lowest BCUT2D eigenvalue weighted by atomic mass is 10.1. The van der Waals surface area contributed by atoms with Crippen LogP contribution in [0.2, 0.25) is 0 Å². The minimum absolute atomic E-state index is 0.0516. The molecule has 162 valence electrons. The molecule has 0 saturated heterocycles. The fraction of sp³-hybridized carbons (Fsp3) is 0.364. The van der Waals surface area contributed by atoms with Gasteiger partial charge in [-0.25, -0.2) is 4.39 Å². The minimum atomic E-state index is -1.02. The van der Waals surface area contributed by atoms with Gasteiger partial charge >= 0.3 is 0 Å². The molecule has 2 aromatic carbocycles. The molecule has 8 heteroatoms. The Labute approximate surface area is 175 Å². The van der Waals surface area contributed by atoms with E-state index in [1.165, 1.54) is 38.3 Å². The Morgan fingerprint density at radius 3 is 2.40 bits per heavy atom. The Morgan fingerprint density at radius 2 is 1.73 bits per heavy atom. The van der Waals surface area contributed by atoms with Crippen LogP contribution in [0.1, 0.15) is 37.6 Å². The maximum absolute atomic E-state index is 13.6. The van der Waals surface area contributed by atoms with Crippen LogP contribution in [0.5, 0.6) is 17.2 Å². The number of nitrogens with one attached hydrogen (secondary N) is 2. The van der Waals surface area contributed by atoms with E-state index in [1.807, 2.05) is 0 Å². The monoisotopic (exact) mass is 418 g/mol. The van der Waals surface area contributed by atoms with Gasteiger partial charge in [0.2, 0.25) is 0 Å². The Bertz CT molecular complexity index is 872. The number of hydrogen-bond acceptors (Lipinski definition) is 5. The number of carbonyl (C=O) groups excluding carboxylic acids is 2. The van der Waals surface area contributed by atoms with Gasteiger partial charge in [0.05, 0.1) is 13.7 Å². The Kier molecular flexibility index (Phi) is 8.46. The second-order valence-corrected chi connectivity index (χ2v) is 7.03. The van der Waals surface area contributed by atoms with Crippen LogP contribution in [0.25, 0.3) is 0 Å². The highest BCUT2D eigenvalue weighted by Gasteiger charge is 2.18. The number of carbonyl (C=O) groups is 2. The number of amides is 2. The summed E-state index contributed by atoms with van der Waals surface area (Å²) in [5.41, 5.74) is 4.83. The molecule has 0 heterocycles. The number of benzene rings is 2. The first kappa shape index (κ1) is 23.0. The van der Waals surface area contributed by atoms with E-state index in [-0.39, 0.29) is 11.3 Å². The van der Waals surface area contributed by atoms with Gasteiger partial charge in [-0.15, -0.1) is 0 Å². The highest BCUT2D eigenvalue weighted by Crippen LogP contribution is 2.28. The van der Waals surface area contributed by atoms with Crippen molar-refractivity contribution < 1.29 is 28.2 Å². The Balaban J connectivity index is 1.92. The zero-order valence-corrected chi connectivity index (χ0v) is 17.5. The zero-order valence-electron chi connectivity index (χ0n) is 17.5. The number of rotatable bonds is 9. The molecule has 0 aromatic heterocycles. The predicted octanol–water partition coefficient (Wildman–Crippen LogP) is 3.49. The van der Waals surface area contributed by atoms with E-state index in [4.69, 9.17) is 14.2 Å². The molecule has 0 spiro atoms. The number of ether oxygens (including phenoxy) is 3. The molecule has 2 rings (SSSR count). The fourth-order valence-corrected chi connectivity index (χ4v) is 2.41. The first-order chi connectivity index (χ1) is 14.3. The minimum Gasteiger partial charge on any atom is -0.493 e. The summed E-state index contributed by atoms with van der Waals surface area (Å²) in [6.45, 7) is 6.19. The van der Waals surface area contributed by atoms with Crippen molar-refractivity contribution in [1.82, 2.24) is 10.9 Å². The highest BCUT2D eigenvalue weighted by molar-refractivity contribution is 5.96. The average Bonchev–Trinajstić information content (AvgIpc) is 2.73. The molecule has 2 amide bonds. The molecule has 2 N–H and O–H groups in total. The second kappa shape index (κ2) is 11.0. The molecule has 0 bridgehead atoms. The van der Waals surface area contributed by atoms with Gasteiger partial charge in [-0.05, 0) is 49.6 Å². The van der Waals surface area contributed by atoms with Crippen LogP contribution in [-0.4, -0.2) is 31.6 Å². The molecule has 0 aliphatic carbocycles. The van der Waals surface area contributed by atoms with Gasteiger partial charge in [-0.3, -0.25) is 20.4 Å². The van der Waals surface area contributed by atoms with Crippen molar-refractivity contribution in [2.24, 2.45) is 5.92 Å². The fourth-order valence-electron chi connectivity index (χ4n) is 2.41. The van der Waals surface area contributed by atoms with Crippen molar-refractivity contribution in [3.63, 3.8) is 0 Å². The van der Waals surface area contributed by atoms with Crippen molar-refractivity contribution in [2.75, 3.05) is 13.7 Å². The van der Waals surface area contributed by atoms with E-state index < -0.39 is 23.7 Å². The Morgan fingerprint density at radius 1 is 1.00 bits per heavy atom. The zero-order chi connectivity index (χ0) is 22.1. The smallest absolute Gasteiger partial charge is 0.279 e. The molecule has 0 saturated carbocycles. The largest absolute Gasteiger partial charge is 0.493 e. The standard InChI is InChI=1S/C22H27FN2O5/c1-14(2)11-12-29-19-10-9-16(13-20(19)28-4)22(27)25-24-21(26)15(3)30-18-8-6-5-7-17(18)23/h5-10,13-15H,11-12H2,1-4H3,(H,24,26)(H,25,27)/t15-/m1/s1. The summed E-state index contributed by atoms with van der Waals surface area (Å²) < 4.78 is 29.9. The third-order valence-corrected chi connectivity index (χ3v) is 4.19. The van der Waals surface area contributed by atoms with Crippen LogP contribution < -0.4 is 25.1 Å². The predicted molar refractivity (Wildman–Crippen MR) is 110 cm³/mol. The van der Waals surface area contributed by atoms with Crippen LogP contribution in [0, 0.1) is 11.7 Å². The number of halogens is 1. The molecule has 2 aromatic rings. The summed E-state index contributed by atoms with van der Waals surface area (Å²) in [4.78, 5) is 24.5. The summed E-state index contributed by atoms with van der Waals surface area (Å²) in [7, 11) is 1.48. The van der Waals surface area contributed by atoms with Crippen LogP contribution in [0.4, 0.5) is 4.39 Å². The molecule has 0 aliphatic heterocycles. The molecule has 0 radical (unpaired) electrons. The van der Waals surface area contributed by atoms with Gasteiger partial charge < -0.3 is 14.2 Å². The summed E-state index contributed by atoms with van der Waals surface area (Å²) in [6, 6.07) is 10.5. The lowest BCUT2D eigenvalue weighted by Gasteiger charge is -2.16. The number of para-hydroxylation sites is 1. The van der Waals surface area contributed by atoms with Gasteiger partial charge in [0.25, 0.3) is 11.8 Å². The molecule has 0 unspecified atom stereocenters. The van der Waals surface area contributed by atoms with Gasteiger partial charge in [0.15, 0.2) is 29.2 Å². The molecule has 30 heavy (non-hydrogen) atoms. The van der Waals surface area contributed by atoms with E-state index in [0.717, 1.165) is 6.42 Å². The maximum Gasteiger partial charge on any atom is 0.279 e. The lowest BCUT2D eigenvalue weighted by molar-refractivity contribution is -0.128. The summed E-state index contributed by atoms with van der Waals surface area (Å²) in [5.74, 6) is -0.358. The van der Waals surface area contributed by atoms with E-state index >= 15 is 0 Å². The normalized spacial score (nSPS) is 11.5. The highest BCUT2D eigenvalue weighted by atomic mass is 19.1. The molecule has 0 aliphatic rings. The number of hydrogen-bond donors (Lipinski definition) is 2. The lowest BCUT2D eigenvalue weighted by Crippen LogP contribution is -2.47. The van der Waals surface area contributed by atoms with Gasteiger partial charge in [-0.2, -0.15) is 0 Å². The third kappa shape index (κ3) is 6.65. The maximum atomic E-state index is 13.6. The average molecular weight is 418 g/mol. The number of methoxy groups -OCH3 is 1. The summed E-state index contributed by atoms with van der Waals surface area (Å²) in [5, 5.41) is 0. The molecule has 1 atom stereocenters. The Hall–Kier alpha value is -3.29. The van der Waals surface area contributed by atoms with Crippen molar-refractivity contribution >= 4 is 11.8 Å². The first-order valence-corrected chi connectivity index (χ1v) is 9.64.